The summed E-state index contributed by atoms with van der Waals surface area (Å²) >= 11 is 0. The lowest BCUT2D eigenvalue weighted by Gasteiger charge is -2.55. The van der Waals surface area contributed by atoms with Gasteiger partial charge in [-0.2, -0.15) is 0 Å². The summed E-state index contributed by atoms with van der Waals surface area (Å²) < 4.78 is 18.1. The normalized spacial score (nSPS) is 19.0. The molecule has 286 valence electrons. The van der Waals surface area contributed by atoms with E-state index in [0.717, 1.165) is 34.9 Å². The van der Waals surface area contributed by atoms with E-state index >= 15 is 0 Å². The molecule has 2 aliphatic heterocycles. The van der Waals surface area contributed by atoms with Crippen molar-refractivity contribution in [2.75, 3.05) is 19.6 Å². The van der Waals surface area contributed by atoms with Crippen molar-refractivity contribution in [2.24, 2.45) is 5.92 Å². The number of nitrogens with zero attached hydrogens (tertiary/aromatic N) is 5. The van der Waals surface area contributed by atoms with Crippen molar-refractivity contribution in [3.8, 4) is 5.75 Å². The minimum absolute atomic E-state index is 0.00501. The van der Waals surface area contributed by atoms with Crippen molar-refractivity contribution in [3.63, 3.8) is 0 Å². The molecule has 15 heteroatoms. The Hall–Kier alpha value is -5.53. The molecule has 1 saturated carbocycles. The highest BCUT2D eigenvalue weighted by Crippen LogP contribution is 2.39. The topological polar surface area (TPSA) is 165 Å². The van der Waals surface area contributed by atoms with Crippen LogP contribution in [0.3, 0.4) is 0 Å². The lowest BCUT2D eigenvalue weighted by Crippen LogP contribution is -2.76. The summed E-state index contributed by atoms with van der Waals surface area (Å²) in [6.45, 7) is 8.59. The van der Waals surface area contributed by atoms with Crippen LogP contribution in [0.15, 0.2) is 104 Å². The van der Waals surface area contributed by atoms with Gasteiger partial charge in [0.05, 0.1) is 18.6 Å². The van der Waals surface area contributed by atoms with Gasteiger partial charge in [0.2, 0.25) is 11.8 Å². The van der Waals surface area contributed by atoms with E-state index in [-0.39, 0.29) is 68.4 Å². The minimum atomic E-state index is -4.80. The molecule has 3 aromatic carbocycles. The first-order chi connectivity index (χ1) is 26.5. The quantitative estimate of drug-likeness (QED) is 0.0944. The molecule has 0 spiro atoms. The Morgan fingerprint density at radius 1 is 0.927 bits per heavy atom. The van der Waals surface area contributed by atoms with Gasteiger partial charge < -0.3 is 24.2 Å². The highest BCUT2D eigenvalue weighted by atomic mass is 31.2. The van der Waals surface area contributed by atoms with Crippen molar-refractivity contribution in [2.45, 2.75) is 51.1 Å². The number of benzene rings is 3. The number of para-hydroxylation sites is 1. The summed E-state index contributed by atoms with van der Waals surface area (Å²) in [7, 11) is -4.80. The molecule has 14 nitrogen and oxygen atoms in total. The highest BCUT2D eigenvalue weighted by molar-refractivity contribution is 7.46. The molecule has 4 amide bonds. The number of fused-ring (bicyclic) bond motifs is 2. The molecule has 0 radical (unpaired) electrons. The number of phosphoric acid groups is 1. The Labute approximate surface area is 318 Å². The van der Waals surface area contributed by atoms with Gasteiger partial charge >= 0.3 is 13.9 Å². The number of rotatable bonds is 14. The van der Waals surface area contributed by atoms with Gasteiger partial charge in [-0.3, -0.25) is 24.2 Å². The Morgan fingerprint density at radius 2 is 1.65 bits per heavy atom. The monoisotopic (exact) mass is 766 g/mol. The molecular weight excluding hydrogens is 723 g/mol. The van der Waals surface area contributed by atoms with Gasteiger partial charge in [0.15, 0.2) is 5.78 Å². The molecule has 3 N–H and O–H groups in total. The second-order valence-corrected chi connectivity index (χ2v) is 15.2. The number of carbonyl (C=O) groups is 4. The Bertz CT molecular complexity index is 2180. The third kappa shape index (κ3) is 8.13. The second-order valence-electron chi connectivity index (χ2n) is 14.0. The van der Waals surface area contributed by atoms with Gasteiger partial charge in [-0.15, -0.1) is 13.2 Å². The molecule has 3 heterocycles. The maximum atomic E-state index is 14.7. The Morgan fingerprint density at radius 3 is 2.33 bits per heavy atom. The van der Waals surface area contributed by atoms with Crippen LogP contribution in [0.2, 0.25) is 0 Å². The molecule has 1 aliphatic carbocycles. The molecule has 2 atom stereocenters. The Balaban J connectivity index is 1.27. The van der Waals surface area contributed by atoms with Crippen molar-refractivity contribution in [3.05, 3.63) is 127 Å². The third-order valence-electron chi connectivity index (χ3n) is 10.1. The zero-order valence-electron chi connectivity index (χ0n) is 30.2. The number of piperazine rings is 1. The van der Waals surface area contributed by atoms with Crippen LogP contribution < -0.4 is 9.84 Å². The van der Waals surface area contributed by atoms with Gasteiger partial charge in [0.25, 0.3) is 0 Å². The highest BCUT2D eigenvalue weighted by Gasteiger charge is 2.51. The third-order valence-corrected chi connectivity index (χ3v) is 10.6. The average Bonchev–Trinajstić information content (AvgIpc) is 3.94. The van der Waals surface area contributed by atoms with Crippen molar-refractivity contribution < 1.29 is 38.1 Å². The molecule has 0 unspecified atom stereocenters. The van der Waals surface area contributed by atoms with Crippen LogP contribution in [0.25, 0.3) is 10.9 Å². The van der Waals surface area contributed by atoms with E-state index in [2.05, 4.69) is 18.5 Å². The van der Waals surface area contributed by atoms with Crippen LogP contribution in [-0.4, -0.2) is 89.6 Å². The van der Waals surface area contributed by atoms with Gasteiger partial charge in [-0.25, -0.2) is 19.4 Å². The summed E-state index contributed by atoms with van der Waals surface area (Å²) in [6.07, 6.45) is 6.11. The van der Waals surface area contributed by atoms with Gasteiger partial charge in [0.1, 0.15) is 18.0 Å². The smallest absolute Gasteiger partial charge is 0.404 e. The predicted octanol–water partition coefficient (Wildman–Crippen LogP) is 4.63. The number of aromatic nitrogens is 1. The summed E-state index contributed by atoms with van der Waals surface area (Å²) in [5, 5.41) is 6.91. The number of urea groups is 1. The zero-order valence-corrected chi connectivity index (χ0v) is 31.1. The number of ketones is 1. The van der Waals surface area contributed by atoms with Crippen LogP contribution in [0, 0.1) is 5.92 Å². The fraction of sp³-hybridized carbons (Fsp3) is 0.300. The largest absolute Gasteiger partial charge is 0.524 e. The maximum Gasteiger partial charge on any atom is 0.524 e. The van der Waals surface area contributed by atoms with E-state index < -0.39 is 26.1 Å². The number of hydrogen-bond donors (Lipinski definition) is 3. The number of nitrogens with one attached hydrogen (secondary N) is 1. The van der Waals surface area contributed by atoms with Crippen molar-refractivity contribution in [1.29, 1.82) is 0 Å². The number of allylic oxidation sites excluding steroid dienone is 1. The average molecular weight is 767 g/mol. The SMILES string of the molecule is C=CCN1CC(=O)N2[C@@H](Cc3ccc(OP(=O)(O)O)cc3)C(=O)N(Cc3cccc4c(C(=O)C5CC5)cn(CC=C)c34)C[C@@H]2N1C(=O)NCc1ccccc1. The lowest BCUT2D eigenvalue weighted by molar-refractivity contribution is -0.189. The molecular formula is C40H43N6O8P. The Kier molecular flexibility index (Phi) is 10.8. The van der Waals surface area contributed by atoms with E-state index in [9.17, 15) is 33.5 Å². The number of hydrogen-bond acceptors (Lipinski definition) is 7. The van der Waals surface area contributed by atoms with Crippen molar-refractivity contribution >= 4 is 42.4 Å². The zero-order chi connectivity index (χ0) is 38.9. The summed E-state index contributed by atoms with van der Waals surface area (Å²) in [6, 6.07) is 19.6. The van der Waals surface area contributed by atoms with E-state index in [1.165, 1.54) is 22.0 Å². The van der Waals surface area contributed by atoms with Crippen LogP contribution in [-0.2, 0) is 40.2 Å². The number of Topliss-reactive ketones (excluding diaryl/α,β-unsaturated/α-hetero) is 1. The molecule has 55 heavy (non-hydrogen) atoms. The molecule has 0 bridgehead atoms. The minimum Gasteiger partial charge on any atom is -0.404 e. The van der Waals surface area contributed by atoms with E-state index in [1.54, 1.807) is 34.2 Å². The molecule has 7 rings (SSSR count). The van der Waals surface area contributed by atoms with Gasteiger partial charge in [-0.1, -0.05) is 72.8 Å². The molecule has 3 fully saturated rings. The van der Waals surface area contributed by atoms with E-state index in [1.807, 2.05) is 59.3 Å². The predicted molar refractivity (Wildman–Crippen MR) is 204 cm³/mol. The summed E-state index contributed by atoms with van der Waals surface area (Å²) in [4.78, 5) is 78.0. The van der Waals surface area contributed by atoms with Gasteiger partial charge in [0, 0.05) is 55.7 Å². The molecule has 1 aromatic heterocycles. The first kappa shape index (κ1) is 37.8. The second kappa shape index (κ2) is 15.7. The maximum absolute atomic E-state index is 14.7. The molecule has 3 aliphatic rings. The van der Waals surface area contributed by atoms with E-state index in [4.69, 9.17) is 4.52 Å². The van der Waals surface area contributed by atoms with Crippen LogP contribution in [0.1, 0.15) is 39.9 Å². The van der Waals surface area contributed by atoms with E-state index in [0.29, 0.717) is 17.7 Å². The van der Waals surface area contributed by atoms with Gasteiger partial charge in [-0.05, 0) is 41.7 Å². The van der Waals surface area contributed by atoms with Crippen LogP contribution >= 0.6 is 7.82 Å². The fourth-order valence-electron chi connectivity index (χ4n) is 7.56. The first-order valence-electron chi connectivity index (χ1n) is 18.1. The van der Waals surface area contributed by atoms with Crippen LogP contribution in [0.5, 0.6) is 5.75 Å². The van der Waals surface area contributed by atoms with Crippen molar-refractivity contribution in [1.82, 2.24) is 29.7 Å². The number of phosphoric ester groups is 1. The molecule has 2 saturated heterocycles. The number of hydrazine groups is 1. The number of amides is 4. The summed E-state index contributed by atoms with van der Waals surface area (Å²) in [5.41, 5.74) is 3.73. The van der Waals surface area contributed by atoms with Crippen LogP contribution in [0.4, 0.5) is 4.79 Å². The number of carbonyl (C=O) groups excluding carboxylic acids is 4. The lowest BCUT2D eigenvalue weighted by atomic mass is 9.97. The summed E-state index contributed by atoms with van der Waals surface area (Å²) in [5.74, 6) is -0.622. The first-order valence-corrected chi connectivity index (χ1v) is 19.7. The fourth-order valence-corrected chi connectivity index (χ4v) is 7.96. The molecule has 4 aromatic rings. The standard InChI is InChI=1S/C40H43N6O8P/c1-3-19-42-24-33(38(48)29-15-16-29)32-12-8-11-30(37(32)42)23-43-25-35-45(34(39(43)49)21-27-13-17-31(18-14-27)54-55(51,52)53)36(47)26-44(20-4-2)46(35)40(50)41-22-28-9-6-5-7-10-28/h3-14,17-18,24,29,34-35H,1-2,15-16,19-23,25-26H2,(H,41,50)(H2,51,52,53)/t34-,35-/m0/s1.